The fraction of sp³-hybridized carbons (Fsp3) is 0.444. The number of rotatable bonds is 5. The Labute approximate surface area is 158 Å². The van der Waals surface area contributed by atoms with Crippen molar-refractivity contribution in [3.05, 3.63) is 41.7 Å². The van der Waals surface area contributed by atoms with Crippen LogP contribution in [0.15, 0.2) is 35.7 Å². The monoisotopic (exact) mass is 393 g/mol. The number of aromatic nitrogens is 2. The first-order chi connectivity index (χ1) is 12.2. The van der Waals surface area contributed by atoms with Gasteiger partial charge in [-0.05, 0) is 50.5 Å². The zero-order valence-electron chi connectivity index (χ0n) is 15.1. The third-order valence-corrected chi connectivity index (χ3v) is 7.17. The second kappa shape index (κ2) is 7.44. The number of hydrogen-bond donors (Lipinski definition) is 1. The molecule has 2 aromatic rings. The number of carbonyl (C=O) groups is 1. The van der Waals surface area contributed by atoms with Crippen molar-refractivity contribution in [2.45, 2.75) is 43.6 Å². The highest BCUT2D eigenvalue weighted by Crippen LogP contribution is 2.26. The van der Waals surface area contributed by atoms with E-state index in [2.05, 4.69) is 28.5 Å². The summed E-state index contributed by atoms with van der Waals surface area (Å²) in [6.07, 6.45) is 4.08. The molecule has 1 aliphatic rings. The molecule has 0 bridgehead atoms. The molecule has 2 heterocycles. The fourth-order valence-electron chi connectivity index (χ4n) is 3.10. The minimum absolute atomic E-state index is 0.0350. The number of aryl methyl sites for hydroxylation is 2. The van der Waals surface area contributed by atoms with Gasteiger partial charge in [0, 0.05) is 24.1 Å². The van der Waals surface area contributed by atoms with Crippen LogP contribution in [0.1, 0.15) is 24.5 Å². The van der Waals surface area contributed by atoms with Gasteiger partial charge in [-0.1, -0.05) is 17.8 Å². The van der Waals surface area contributed by atoms with Crippen molar-refractivity contribution in [2.24, 2.45) is 0 Å². The molecular weight excluding hydrogens is 370 g/mol. The summed E-state index contributed by atoms with van der Waals surface area (Å²) in [6.45, 7) is 5.90. The lowest BCUT2D eigenvalue weighted by Gasteiger charge is -2.16. The molecule has 140 valence electrons. The summed E-state index contributed by atoms with van der Waals surface area (Å²) in [6, 6.07) is 5.98. The SMILES string of the molecule is Cc1cc(C)cc(-n2ccnc2SC(C)C(=O)NC2CCS(=O)(=O)C2)c1. The van der Waals surface area contributed by atoms with Crippen molar-refractivity contribution in [3.8, 4) is 5.69 Å². The maximum Gasteiger partial charge on any atom is 0.233 e. The van der Waals surface area contributed by atoms with Gasteiger partial charge in [-0.15, -0.1) is 0 Å². The fourth-order valence-corrected chi connectivity index (χ4v) is 5.67. The van der Waals surface area contributed by atoms with Gasteiger partial charge in [0.25, 0.3) is 0 Å². The molecule has 8 heteroatoms. The number of thioether (sulfide) groups is 1. The van der Waals surface area contributed by atoms with Crippen molar-refractivity contribution >= 4 is 27.5 Å². The molecule has 1 N–H and O–H groups in total. The van der Waals surface area contributed by atoms with Crippen molar-refractivity contribution < 1.29 is 13.2 Å². The maximum absolute atomic E-state index is 12.4. The maximum atomic E-state index is 12.4. The lowest BCUT2D eigenvalue weighted by Crippen LogP contribution is -2.40. The number of hydrogen-bond acceptors (Lipinski definition) is 5. The van der Waals surface area contributed by atoms with Crippen LogP contribution in [0.25, 0.3) is 5.69 Å². The molecule has 6 nitrogen and oxygen atoms in total. The van der Waals surface area contributed by atoms with E-state index in [1.54, 1.807) is 6.20 Å². The van der Waals surface area contributed by atoms with Crippen LogP contribution in [0.2, 0.25) is 0 Å². The standard InChI is InChI=1S/C18H23N3O3S2/c1-12-8-13(2)10-16(9-12)21-6-5-19-18(21)25-14(3)17(22)20-15-4-7-26(23,24)11-15/h5-6,8-10,14-15H,4,7,11H2,1-3H3,(H,20,22). The molecular formula is C18H23N3O3S2. The molecule has 0 aliphatic carbocycles. The molecule has 26 heavy (non-hydrogen) atoms. The van der Waals surface area contributed by atoms with E-state index < -0.39 is 9.84 Å². The molecule has 1 aliphatic heterocycles. The van der Waals surface area contributed by atoms with Gasteiger partial charge in [0.2, 0.25) is 5.91 Å². The molecule has 1 aromatic carbocycles. The van der Waals surface area contributed by atoms with Crippen molar-refractivity contribution in [2.75, 3.05) is 11.5 Å². The van der Waals surface area contributed by atoms with Gasteiger partial charge in [-0.2, -0.15) is 0 Å². The molecule has 0 radical (unpaired) electrons. The highest BCUT2D eigenvalue weighted by molar-refractivity contribution is 8.00. The summed E-state index contributed by atoms with van der Waals surface area (Å²) >= 11 is 1.37. The lowest BCUT2D eigenvalue weighted by atomic mass is 10.1. The van der Waals surface area contributed by atoms with Crippen molar-refractivity contribution in [3.63, 3.8) is 0 Å². The first-order valence-corrected chi connectivity index (χ1v) is 11.2. The van der Waals surface area contributed by atoms with E-state index in [4.69, 9.17) is 0 Å². The van der Waals surface area contributed by atoms with Crippen LogP contribution in [-0.2, 0) is 14.6 Å². The molecule has 1 saturated heterocycles. The molecule has 3 rings (SSSR count). The highest BCUT2D eigenvalue weighted by atomic mass is 32.2. The Morgan fingerprint density at radius 1 is 1.31 bits per heavy atom. The molecule has 0 spiro atoms. The number of nitrogens with zero attached hydrogens (tertiary/aromatic N) is 2. The first-order valence-electron chi connectivity index (χ1n) is 8.53. The molecule has 2 atom stereocenters. The third kappa shape index (κ3) is 4.48. The summed E-state index contributed by atoms with van der Waals surface area (Å²) in [5, 5.41) is 3.21. The predicted octanol–water partition coefficient (Wildman–Crippen LogP) is 2.27. The van der Waals surface area contributed by atoms with Gasteiger partial charge >= 0.3 is 0 Å². The average Bonchev–Trinajstić information content (AvgIpc) is 3.12. The summed E-state index contributed by atoms with van der Waals surface area (Å²) in [5.74, 6) is 0.0243. The van der Waals surface area contributed by atoms with E-state index in [0.29, 0.717) is 6.42 Å². The Morgan fingerprint density at radius 3 is 2.62 bits per heavy atom. The molecule has 2 unspecified atom stereocenters. The number of benzene rings is 1. The number of amides is 1. The van der Waals surface area contributed by atoms with Crippen LogP contribution in [0.5, 0.6) is 0 Å². The van der Waals surface area contributed by atoms with E-state index in [1.165, 1.54) is 11.8 Å². The Bertz CT molecular complexity index is 901. The topological polar surface area (TPSA) is 81.1 Å². The number of imidazole rings is 1. The van der Waals surface area contributed by atoms with Crippen LogP contribution in [-0.4, -0.2) is 46.7 Å². The second-order valence-electron chi connectivity index (χ2n) is 6.79. The normalized spacial score (nSPS) is 20.0. The van der Waals surface area contributed by atoms with Gasteiger partial charge in [0.05, 0.1) is 16.8 Å². The minimum Gasteiger partial charge on any atom is -0.351 e. The van der Waals surface area contributed by atoms with Crippen LogP contribution in [0.3, 0.4) is 0 Å². The lowest BCUT2D eigenvalue weighted by molar-refractivity contribution is -0.120. The van der Waals surface area contributed by atoms with E-state index >= 15 is 0 Å². The van der Waals surface area contributed by atoms with Gasteiger partial charge in [0.15, 0.2) is 15.0 Å². The average molecular weight is 394 g/mol. The number of sulfone groups is 1. The summed E-state index contributed by atoms with van der Waals surface area (Å²) in [4.78, 5) is 16.8. The Balaban J connectivity index is 1.69. The van der Waals surface area contributed by atoms with Gasteiger partial charge in [-0.25, -0.2) is 13.4 Å². The molecule has 0 saturated carbocycles. The van der Waals surface area contributed by atoms with Gasteiger partial charge in [0.1, 0.15) is 0 Å². The van der Waals surface area contributed by atoms with Crippen LogP contribution in [0.4, 0.5) is 0 Å². The summed E-state index contributed by atoms with van der Waals surface area (Å²) < 4.78 is 25.0. The summed E-state index contributed by atoms with van der Waals surface area (Å²) in [7, 11) is -3.01. The van der Waals surface area contributed by atoms with Crippen LogP contribution < -0.4 is 5.32 Å². The number of carbonyl (C=O) groups excluding carboxylic acids is 1. The van der Waals surface area contributed by atoms with E-state index in [-0.39, 0.29) is 28.7 Å². The van der Waals surface area contributed by atoms with E-state index in [1.807, 2.05) is 31.5 Å². The van der Waals surface area contributed by atoms with Crippen molar-refractivity contribution in [1.82, 2.24) is 14.9 Å². The van der Waals surface area contributed by atoms with E-state index in [9.17, 15) is 13.2 Å². The second-order valence-corrected chi connectivity index (χ2v) is 10.3. The molecule has 1 aromatic heterocycles. The van der Waals surface area contributed by atoms with Crippen molar-refractivity contribution in [1.29, 1.82) is 0 Å². The smallest absolute Gasteiger partial charge is 0.233 e. The van der Waals surface area contributed by atoms with E-state index in [0.717, 1.165) is 22.0 Å². The summed E-state index contributed by atoms with van der Waals surface area (Å²) in [5.41, 5.74) is 3.34. The zero-order chi connectivity index (χ0) is 18.9. The minimum atomic E-state index is -3.01. The highest BCUT2D eigenvalue weighted by Gasteiger charge is 2.30. The predicted molar refractivity (Wildman–Crippen MR) is 104 cm³/mol. The first kappa shape index (κ1) is 19.0. The Morgan fingerprint density at radius 2 is 2.00 bits per heavy atom. The Hall–Kier alpha value is -1.80. The third-order valence-electron chi connectivity index (χ3n) is 4.32. The van der Waals surface area contributed by atoms with Gasteiger partial charge in [-0.3, -0.25) is 9.36 Å². The molecule has 1 amide bonds. The van der Waals surface area contributed by atoms with Gasteiger partial charge < -0.3 is 5.32 Å². The molecule has 1 fully saturated rings. The largest absolute Gasteiger partial charge is 0.351 e. The van der Waals surface area contributed by atoms with Crippen LogP contribution in [0, 0.1) is 13.8 Å². The quantitative estimate of drug-likeness (QED) is 0.788. The Kier molecular flexibility index (Phi) is 5.43. The zero-order valence-corrected chi connectivity index (χ0v) is 16.7. The number of nitrogens with one attached hydrogen (secondary N) is 1. The van der Waals surface area contributed by atoms with Crippen LogP contribution >= 0.6 is 11.8 Å².